The first-order valence-corrected chi connectivity index (χ1v) is 17.5. The molecule has 0 rings (SSSR count). The van der Waals surface area contributed by atoms with E-state index in [2.05, 4.69) is 26.0 Å². The van der Waals surface area contributed by atoms with E-state index in [9.17, 15) is 24.0 Å². The molecule has 0 aromatic carbocycles. The summed E-state index contributed by atoms with van der Waals surface area (Å²) in [4.78, 5) is 62.3. The van der Waals surface area contributed by atoms with Crippen molar-refractivity contribution in [1.82, 2.24) is 21.3 Å². The number of nitrogens with two attached hydrogens (primary N) is 3. The van der Waals surface area contributed by atoms with Crippen molar-refractivity contribution in [2.75, 3.05) is 46.4 Å². The van der Waals surface area contributed by atoms with Crippen LogP contribution in [-0.4, -0.2) is 81.5 Å². The maximum atomic E-state index is 13.2. The Kier molecular flexibility index (Phi) is 27.8. The molecule has 46 heavy (non-hydrogen) atoms. The minimum Gasteiger partial charge on any atom is -0.469 e. The highest BCUT2D eigenvalue weighted by Gasteiger charge is 2.33. The van der Waals surface area contributed by atoms with Gasteiger partial charge in [-0.3, -0.25) is 24.0 Å². The summed E-state index contributed by atoms with van der Waals surface area (Å²) in [5, 5.41) is 11.7. The van der Waals surface area contributed by atoms with Crippen molar-refractivity contribution in [3.8, 4) is 0 Å². The topological polar surface area (TPSA) is 221 Å². The number of unbranched alkanes of at least 4 members (excludes halogenated alkanes) is 8. The van der Waals surface area contributed by atoms with E-state index in [1.165, 1.54) is 7.11 Å². The monoisotopic (exact) mass is 655 g/mol. The SMILES string of the molecule is COC(=O)CCCCCCCCCCCC(=O)NC(CCC(=O)NCCCN)(CCC(=O)NCCCN)CCC(=O)NCCCN. The lowest BCUT2D eigenvalue weighted by atomic mass is 9.82. The fourth-order valence-corrected chi connectivity index (χ4v) is 5.13. The predicted molar refractivity (Wildman–Crippen MR) is 181 cm³/mol. The number of hydrogen-bond donors (Lipinski definition) is 7. The van der Waals surface area contributed by atoms with Gasteiger partial charge in [0.2, 0.25) is 23.6 Å². The van der Waals surface area contributed by atoms with Crippen molar-refractivity contribution in [2.24, 2.45) is 17.2 Å². The van der Waals surface area contributed by atoms with Gasteiger partial charge >= 0.3 is 5.97 Å². The second-order valence-corrected chi connectivity index (χ2v) is 12.1. The molecule has 4 amide bonds. The summed E-state index contributed by atoms with van der Waals surface area (Å²) < 4.78 is 4.66. The highest BCUT2D eigenvalue weighted by Crippen LogP contribution is 2.27. The average Bonchev–Trinajstić information content (AvgIpc) is 3.04. The quantitative estimate of drug-likeness (QED) is 0.0428. The molecule has 0 aliphatic rings. The maximum Gasteiger partial charge on any atom is 0.305 e. The predicted octanol–water partition coefficient (Wildman–Crippen LogP) is 2.04. The zero-order valence-corrected chi connectivity index (χ0v) is 28.6. The van der Waals surface area contributed by atoms with Crippen LogP contribution in [0.5, 0.6) is 0 Å². The van der Waals surface area contributed by atoms with Crippen LogP contribution in [0.1, 0.15) is 128 Å². The fraction of sp³-hybridized carbons (Fsp3) is 0.848. The van der Waals surface area contributed by atoms with E-state index >= 15 is 0 Å². The molecule has 0 heterocycles. The molecule has 0 fully saturated rings. The van der Waals surface area contributed by atoms with Crippen LogP contribution in [0.4, 0.5) is 0 Å². The summed E-state index contributed by atoms with van der Waals surface area (Å²) >= 11 is 0. The van der Waals surface area contributed by atoms with Gasteiger partial charge in [0.05, 0.1) is 7.11 Å². The Morgan fingerprint density at radius 3 is 1.17 bits per heavy atom. The number of rotatable bonds is 31. The van der Waals surface area contributed by atoms with E-state index in [-0.39, 0.29) is 48.9 Å². The Labute approximate surface area is 277 Å². The summed E-state index contributed by atoms with van der Waals surface area (Å²) in [6, 6.07) is 0. The van der Waals surface area contributed by atoms with E-state index in [0.717, 1.165) is 57.8 Å². The largest absolute Gasteiger partial charge is 0.469 e. The molecule has 0 aliphatic carbocycles. The van der Waals surface area contributed by atoms with Crippen LogP contribution in [0.3, 0.4) is 0 Å². The van der Waals surface area contributed by atoms with Crippen LogP contribution in [0.25, 0.3) is 0 Å². The molecule has 0 unspecified atom stereocenters. The van der Waals surface area contributed by atoms with Crippen LogP contribution >= 0.6 is 0 Å². The molecular formula is C33H65N7O6. The number of hydrogen-bond acceptors (Lipinski definition) is 9. The minimum absolute atomic E-state index is 0.138. The lowest BCUT2D eigenvalue weighted by molar-refractivity contribution is -0.140. The Balaban J connectivity index is 5.14. The summed E-state index contributed by atoms with van der Waals surface area (Å²) in [6.45, 7) is 2.82. The van der Waals surface area contributed by atoms with Gasteiger partial charge in [0.25, 0.3) is 0 Å². The third-order valence-corrected chi connectivity index (χ3v) is 8.02. The number of methoxy groups -OCH3 is 1. The van der Waals surface area contributed by atoms with Gasteiger partial charge in [-0.25, -0.2) is 0 Å². The molecule has 268 valence electrons. The number of nitrogens with one attached hydrogen (secondary N) is 4. The Hall–Kier alpha value is -2.77. The zero-order chi connectivity index (χ0) is 34.3. The van der Waals surface area contributed by atoms with Gasteiger partial charge in [0, 0.05) is 57.3 Å². The lowest BCUT2D eigenvalue weighted by Gasteiger charge is -2.35. The Bertz CT molecular complexity index is 779. The average molecular weight is 656 g/mol. The molecule has 0 atom stereocenters. The van der Waals surface area contributed by atoms with Gasteiger partial charge in [-0.2, -0.15) is 0 Å². The first-order valence-electron chi connectivity index (χ1n) is 17.5. The standard InChI is InChI=1S/C33H65N7O6/c1-46-32(45)15-10-8-6-4-2-3-5-7-9-14-31(44)40-33(19-16-28(41)37-25-11-22-34,20-17-29(42)38-26-12-23-35)21-18-30(43)39-27-13-24-36/h2-27,34-36H2,1H3,(H,37,41)(H,38,42)(H,39,43)(H,40,44). The molecule has 13 heteroatoms. The summed E-state index contributed by atoms with van der Waals surface area (Å²) in [5.74, 6) is -0.764. The van der Waals surface area contributed by atoms with E-state index < -0.39 is 5.54 Å². The van der Waals surface area contributed by atoms with Gasteiger partial charge in [0.1, 0.15) is 0 Å². The molecule has 0 aromatic rings. The van der Waals surface area contributed by atoms with Gasteiger partial charge < -0.3 is 43.2 Å². The Morgan fingerprint density at radius 2 is 0.826 bits per heavy atom. The number of amides is 4. The van der Waals surface area contributed by atoms with Gasteiger partial charge in [-0.05, 0) is 71.0 Å². The fourth-order valence-electron chi connectivity index (χ4n) is 5.13. The first kappa shape index (κ1) is 43.2. The van der Waals surface area contributed by atoms with Crippen molar-refractivity contribution in [1.29, 1.82) is 0 Å². The van der Waals surface area contributed by atoms with Crippen molar-refractivity contribution < 1.29 is 28.7 Å². The second kappa shape index (κ2) is 29.6. The summed E-state index contributed by atoms with van der Waals surface area (Å²) in [7, 11) is 1.41. The minimum atomic E-state index is -0.896. The second-order valence-electron chi connectivity index (χ2n) is 12.1. The van der Waals surface area contributed by atoms with Crippen LogP contribution in [0, 0.1) is 0 Å². The Morgan fingerprint density at radius 1 is 0.478 bits per heavy atom. The van der Waals surface area contributed by atoms with E-state index in [4.69, 9.17) is 17.2 Å². The molecule has 0 spiro atoms. The third kappa shape index (κ3) is 25.4. The van der Waals surface area contributed by atoms with Crippen LogP contribution in [0.2, 0.25) is 0 Å². The molecular weight excluding hydrogens is 590 g/mol. The van der Waals surface area contributed by atoms with Crippen LogP contribution in [0.15, 0.2) is 0 Å². The molecule has 0 saturated carbocycles. The van der Waals surface area contributed by atoms with E-state index in [1.54, 1.807) is 0 Å². The molecule has 0 aromatic heterocycles. The lowest BCUT2D eigenvalue weighted by Crippen LogP contribution is -2.50. The number of carbonyl (C=O) groups is 5. The van der Waals surface area contributed by atoms with Gasteiger partial charge in [-0.15, -0.1) is 0 Å². The molecule has 0 bridgehead atoms. The van der Waals surface area contributed by atoms with Crippen molar-refractivity contribution in [3.05, 3.63) is 0 Å². The van der Waals surface area contributed by atoms with E-state index in [0.29, 0.717) is 90.6 Å². The van der Waals surface area contributed by atoms with Crippen molar-refractivity contribution in [2.45, 2.75) is 134 Å². The molecule has 0 radical (unpaired) electrons. The first-order chi connectivity index (χ1) is 22.2. The number of carbonyl (C=O) groups excluding carboxylic acids is 5. The number of esters is 1. The summed E-state index contributed by atoms with van der Waals surface area (Å²) in [5.41, 5.74) is 15.7. The molecule has 13 nitrogen and oxygen atoms in total. The van der Waals surface area contributed by atoms with Gasteiger partial charge in [0.15, 0.2) is 0 Å². The third-order valence-electron chi connectivity index (χ3n) is 8.02. The van der Waals surface area contributed by atoms with Crippen LogP contribution in [-0.2, 0) is 28.7 Å². The highest BCUT2D eigenvalue weighted by molar-refractivity contribution is 5.80. The molecule has 0 saturated heterocycles. The maximum absolute atomic E-state index is 13.2. The molecule has 10 N–H and O–H groups in total. The normalized spacial score (nSPS) is 11.1. The number of ether oxygens (including phenoxy) is 1. The molecule has 0 aliphatic heterocycles. The van der Waals surface area contributed by atoms with Crippen molar-refractivity contribution in [3.63, 3.8) is 0 Å². The van der Waals surface area contributed by atoms with Gasteiger partial charge in [-0.1, -0.05) is 44.9 Å². The smallest absolute Gasteiger partial charge is 0.305 e. The zero-order valence-electron chi connectivity index (χ0n) is 28.6. The van der Waals surface area contributed by atoms with Crippen molar-refractivity contribution >= 4 is 29.6 Å². The van der Waals surface area contributed by atoms with E-state index in [1.807, 2.05) is 0 Å². The highest BCUT2D eigenvalue weighted by atomic mass is 16.5. The summed E-state index contributed by atoms with van der Waals surface area (Å²) in [6.07, 6.45) is 13.2. The van der Waals surface area contributed by atoms with Crippen LogP contribution < -0.4 is 38.5 Å².